The zero-order valence-corrected chi connectivity index (χ0v) is 12.9. The second kappa shape index (κ2) is 5.51. The number of phenolic OH excluding ortho intramolecular Hbond substituents is 1. The molecule has 0 radical (unpaired) electrons. The Morgan fingerprint density at radius 2 is 1.96 bits per heavy atom. The molecule has 0 amide bonds. The Bertz CT molecular complexity index is 983. The van der Waals surface area contributed by atoms with Gasteiger partial charge in [0.1, 0.15) is 11.6 Å². The molecule has 23 heavy (non-hydrogen) atoms. The molecule has 0 saturated carbocycles. The normalized spacial score (nSPS) is 11.6. The smallest absolute Gasteiger partial charge is 0.262 e. The van der Waals surface area contributed by atoms with Crippen molar-refractivity contribution in [3.63, 3.8) is 0 Å². The van der Waals surface area contributed by atoms with E-state index >= 15 is 0 Å². The Hall–Kier alpha value is -2.67. The van der Waals surface area contributed by atoms with Crippen LogP contribution in [0.3, 0.4) is 0 Å². The maximum atomic E-state index is 13.3. The number of rotatable bonds is 3. The van der Waals surface area contributed by atoms with E-state index in [4.69, 9.17) is 0 Å². The molecule has 7 heteroatoms. The predicted octanol–water partition coefficient (Wildman–Crippen LogP) is 3.19. The van der Waals surface area contributed by atoms with E-state index in [1.807, 2.05) is 0 Å². The van der Waals surface area contributed by atoms with Gasteiger partial charge in [0, 0.05) is 23.7 Å². The van der Waals surface area contributed by atoms with Crippen LogP contribution in [-0.4, -0.2) is 18.5 Å². The van der Waals surface area contributed by atoms with Crippen molar-refractivity contribution < 1.29 is 17.9 Å². The lowest BCUT2D eigenvalue weighted by Gasteiger charge is -2.13. The van der Waals surface area contributed by atoms with Crippen LogP contribution in [0, 0.1) is 12.7 Å². The first-order valence-corrected chi connectivity index (χ1v) is 8.22. The molecule has 0 spiro atoms. The molecular formula is C16H13FN2O3S. The summed E-state index contributed by atoms with van der Waals surface area (Å²) in [5, 5.41) is 9.88. The maximum Gasteiger partial charge on any atom is 0.262 e. The Balaban J connectivity index is 2.15. The molecule has 0 saturated heterocycles. The molecule has 0 fully saturated rings. The van der Waals surface area contributed by atoms with Gasteiger partial charge in [0.15, 0.2) is 0 Å². The lowest BCUT2D eigenvalue weighted by atomic mass is 10.1. The fourth-order valence-corrected chi connectivity index (χ4v) is 3.91. The van der Waals surface area contributed by atoms with Gasteiger partial charge in [-0.05, 0) is 36.8 Å². The minimum absolute atomic E-state index is 0.0530. The average molecular weight is 332 g/mol. The molecule has 1 heterocycles. The third-order valence-corrected chi connectivity index (χ3v) is 4.92. The second-order valence-electron chi connectivity index (χ2n) is 5.09. The van der Waals surface area contributed by atoms with Crippen LogP contribution >= 0.6 is 0 Å². The van der Waals surface area contributed by atoms with Gasteiger partial charge in [-0.15, -0.1) is 0 Å². The summed E-state index contributed by atoms with van der Waals surface area (Å²) >= 11 is 0. The molecule has 3 aromatic rings. The molecule has 3 rings (SSSR count). The van der Waals surface area contributed by atoms with E-state index in [2.05, 4.69) is 9.71 Å². The second-order valence-corrected chi connectivity index (χ2v) is 6.70. The number of anilines is 1. The number of fused-ring (bicyclic) bond motifs is 1. The maximum absolute atomic E-state index is 13.3. The summed E-state index contributed by atoms with van der Waals surface area (Å²) < 4.78 is 41.1. The van der Waals surface area contributed by atoms with Gasteiger partial charge in [-0.1, -0.05) is 6.07 Å². The number of halogens is 1. The van der Waals surface area contributed by atoms with Crippen molar-refractivity contribution in [2.75, 3.05) is 4.72 Å². The standard InChI is InChI=1S/C16H13FN2O3S/c1-10-4-5-15-14(3-2-6-18-15)16(10)23(21,22)19-12-7-11(17)8-13(20)9-12/h2-9,19-20H,1H3. The third-order valence-electron chi connectivity index (χ3n) is 3.34. The number of hydrogen-bond acceptors (Lipinski definition) is 4. The van der Waals surface area contributed by atoms with Crippen LogP contribution in [0.25, 0.3) is 10.9 Å². The number of benzene rings is 2. The number of nitrogens with zero attached hydrogens (tertiary/aromatic N) is 1. The number of aromatic nitrogens is 1. The fraction of sp³-hybridized carbons (Fsp3) is 0.0625. The monoisotopic (exact) mass is 332 g/mol. The van der Waals surface area contributed by atoms with Crippen molar-refractivity contribution in [2.24, 2.45) is 0 Å². The van der Waals surface area contributed by atoms with E-state index in [0.29, 0.717) is 16.5 Å². The highest BCUT2D eigenvalue weighted by molar-refractivity contribution is 7.93. The van der Waals surface area contributed by atoms with E-state index in [-0.39, 0.29) is 16.3 Å². The molecular weight excluding hydrogens is 319 g/mol. The Kier molecular flexibility index (Phi) is 3.65. The quantitative estimate of drug-likeness (QED) is 0.772. The Morgan fingerprint density at radius 1 is 1.17 bits per heavy atom. The molecule has 0 unspecified atom stereocenters. The third kappa shape index (κ3) is 2.95. The summed E-state index contributed by atoms with van der Waals surface area (Å²) in [5.41, 5.74) is 1.03. The van der Waals surface area contributed by atoms with Crippen LogP contribution in [0.1, 0.15) is 5.56 Å². The fourth-order valence-electron chi connectivity index (χ4n) is 2.43. The highest BCUT2D eigenvalue weighted by Crippen LogP contribution is 2.28. The van der Waals surface area contributed by atoms with E-state index in [9.17, 15) is 17.9 Å². The summed E-state index contributed by atoms with van der Waals surface area (Å²) in [6, 6.07) is 9.73. The Labute approximate surface area is 132 Å². The predicted molar refractivity (Wildman–Crippen MR) is 85.4 cm³/mol. The zero-order valence-electron chi connectivity index (χ0n) is 12.1. The van der Waals surface area contributed by atoms with E-state index < -0.39 is 15.8 Å². The summed E-state index contributed by atoms with van der Waals surface area (Å²) in [6.45, 7) is 1.67. The van der Waals surface area contributed by atoms with Crippen LogP contribution in [0.15, 0.2) is 53.6 Å². The van der Waals surface area contributed by atoms with E-state index in [1.54, 1.807) is 37.4 Å². The number of nitrogens with one attached hydrogen (secondary N) is 1. The number of pyridine rings is 1. The van der Waals surface area contributed by atoms with Crippen LogP contribution in [-0.2, 0) is 10.0 Å². The number of sulfonamides is 1. The van der Waals surface area contributed by atoms with Gasteiger partial charge >= 0.3 is 0 Å². The van der Waals surface area contributed by atoms with Crippen molar-refractivity contribution in [1.82, 2.24) is 4.98 Å². The number of phenols is 1. The van der Waals surface area contributed by atoms with Crippen molar-refractivity contribution in [1.29, 1.82) is 0 Å². The average Bonchev–Trinajstić information content (AvgIpc) is 2.45. The van der Waals surface area contributed by atoms with Crippen molar-refractivity contribution in [2.45, 2.75) is 11.8 Å². The SMILES string of the molecule is Cc1ccc2ncccc2c1S(=O)(=O)Nc1cc(O)cc(F)c1. The molecule has 118 valence electrons. The molecule has 0 aliphatic carbocycles. The highest BCUT2D eigenvalue weighted by Gasteiger charge is 2.21. The van der Waals surface area contributed by atoms with Crippen molar-refractivity contribution >= 4 is 26.6 Å². The van der Waals surface area contributed by atoms with Gasteiger partial charge in [-0.25, -0.2) is 12.8 Å². The molecule has 5 nitrogen and oxygen atoms in total. The lowest BCUT2D eigenvalue weighted by molar-refractivity contribution is 0.469. The van der Waals surface area contributed by atoms with Crippen molar-refractivity contribution in [3.05, 3.63) is 60.0 Å². The molecule has 0 aliphatic rings. The number of hydrogen-bond donors (Lipinski definition) is 2. The van der Waals surface area contributed by atoms with Gasteiger partial charge in [0.25, 0.3) is 10.0 Å². The molecule has 2 N–H and O–H groups in total. The van der Waals surface area contributed by atoms with Crippen LogP contribution < -0.4 is 4.72 Å². The molecule has 1 aromatic heterocycles. The zero-order chi connectivity index (χ0) is 16.6. The van der Waals surface area contributed by atoms with Crippen LogP contribution in [0.5, 0.6) is 5.75 Å². The summed E-state index contributed by atoms with van der Waals surface area (Å²) in [6.07, 6.45) is 1.58. The summed E-state index contributed by atoms with van der Waals surface area (Å²) in [5.74, 6) is -1.10. The lowest BCUT2D eigenvalue weighted by Crippen LogP contribution is -2.15. The van der Waals surface area contributed by atoms with Gasteiger partial charge in [-0.2, -0.15) is 0 Å². The van der Waals surface area contributed by atoms with Gasteiger partial charge in [0.2, 0.25) is 0 Å². The largest absolute Gasteiger partial charge is 0.508 e. The molecule has 0 bridgehead atoms. The van der Waals surface area contributed by atoms with Crippen molar-refractivity contribution in [3.8, 4) is 5.75 Å². The molecule has 0 aliphatic heterocycles. The minimum Gasteiger partial charge on any atom is -0.508 e. The summed E-state index contributed by atoms with van der Waals surface area (Å²) in [4.78, 5) is 4.22. The first-order valence-electron chi connectivity index (χ1n) is 6.73. The van der Waals surface area contributed by atoms with E-state index in [0.717, 1.165) is 18.2 Å². The number of aryl methyl sites for hydroxylation is 1. The topological polar surface area (TPSA) is 79.3 Å². The van der Waals surface area contributed by atoms with Gasteiger partial charge in [-0.3, -0.25) is 9.71 Å². The van der Waals surface area contributed by atoms with Crippen LogP contribution in [0.2, 0.25) is 0 Å². The molecule has 0 atom stereocenters. The van der Waals surface area contributed by atoms with E-state index in [1.165, 1.54) is 0 Å². The molecule has 2 aromatic carbocycles. The minimum atomic E-state index is -3.97. The summed E-state index contributed by atoms with van der Waals surface area (Å²) in [7, 11) is -3.97. The Morgan fingerprint density at radius 3 is 2.70 bits per heavy atom. The van der Waals surface area contributed by atoms with Crippen LogP contribution in [0.4, 0.5) is 10.1 Å². The first kappa shape index (κ1) is 15.2. The van der Waals surface area contributed by atoms with Gasteiger partial charge in [0.05, 0.1) is 16.1 Å². The number of aromatic hydroxyl groups is 1. The first-order chi connectivity index (χ1) is 10.9. The highest BCUT2D eigenvalue weighted by atomic mass is 32.2. The van der Waals surface area contributed by atoms with Gasteiger partial charge < -0.3 is 5.11 Å².